The molecule has 2 fully saturated rings. The maximum absolute atomic E-state index is 5.24. The Morgan fingerprint density at radius 2 is 1.93 bits per heavy atom. The Hall–Kier alpha value is -0.860. The van der Waals surface area contributed by atoms with Crippen molar-refractivity contribution < 1.29 is 4.74 Å². The summed E-state index contributed by atoms with van der Waals surface area (Å²) in [5.41, 5.74) is 2.97. The van der Waals surface area contributed by atoms with Gasteiger partial charge in [0, 0.05) is 12.5 Å². The van der Waals surface area contributed by atoms with Gasteiger partial charge in [-0.25, -0.2) is 0 Å². The first-order valence-electron chi connectivity index (χ1n) is 5.82. The first-order valence-corrected chi connectivity index (χ1v) is 5.82. The minimum atomic E-state index is 0.652. The predicted octanol–water partition coefficient (Wildman–Crippen LogP) is 1.88. The molecular formula is C13H17NO. The molecule has 0 aromatic heterocycles. The van der Waals surface area contributed by atoms with Crippen LogP contribution in [0.25, 0.3) is 0 Å². The molecule has 1 unspecified atom stereocenters. The molecule has 2 saturated heterocycles. The van der Waals surface area contributed by atoms with E-state index in [1.165, 1.54) is 24.1 Å². The van der Waals surface area contributed by atoms with Crippen molar-refractivity contribution >= 4 is 0 Å². The molecule has 1 N–H and O–H groups in total. The molecule has 0 amide bonds. The van der Waals surface area contributed by atoms with Crippen molar-refractivity contribution in [2.24, 2.45) is 0 Å². The third-order valence-electron chi connectivity index (χ3n) is 3.55. The molecule has 2 heterocycles. The SMILES string of the molecule is c1cc(C2CCNC2)cc(C2COC2)c1. The minimum absolute atomic E-state index is 0.652. The van der Waals surface area contributed by atoms with Crippen LogP contribution in [0.15, 0.2) is 24.3 Å². The highest BCUT2D eigenvalue weighted by Gasteiger charge is 2.22. The van der Waals surface area contributed by atoms with Crippen LogP contribution in [0.1, 0.15) is 29.4 Å². The van der Waals surface area contributed by atoms with Crippen molar-refractivity contribution in [1.29, 1.82) is 0 Å². The Labute approximate surface area is 90.6 Å². The zero-order chi connectivity index (χ0) is 10.1. The molecule has 0 spiro atoms. The summed E-state index contributed by atoms with van der Waals surface area (Å²) >= 11 is 0. The lowest BCUT2D eigenvalue weighted by Gasteiger charge is -2.27. The van der Waals surface area contributed by atoms with E-state index >= 15 is 0 Å². The van der Waals surface area contributed by atoms with E-state index in [0.29, 0.717) is 5.92 Å². The summed E-state index contributed by atoms with van der Waals surface area (Å²) in [6, 6.07) is 9.08. The number of benzene rings is 1. The quantitative estimate of drug-likeness (QED) is 0.792. The molecule has 2 aliphatic rings. The molecule has 0 bridgehead atoms. The van der Waals surface area contributed by atoms with Gasteiger partial charge in [0.1, 0.15) is 0 Å². The lowest BCUT2D eigenvalue weighted by atomic mass is 9.91. The molecule has 15 heavy (non-hydrogen) atoms. The van der Waals surface area contributed by atoms with Crippen molar-refractivity contribution in [3.05, 3.63) is 35.4 Å². The predicted molar refractivity (Wildman–Crippen MR) is 60.2 cm³/mol. The maximum atomic E-state index is 5.24. The van der Waals surface area contributed by atoms with Crippen molar-refractivity contribution in [3.8, 4) is 0 Å². The van der Waals surface area contributed by atoms with E-state index in [4.69, 9.17) is 4.74 Å². The van der Waals surface area contributed by atoms with E-state index in [0.717, 1.165) is 25.7 Å². The summed E-state index contributed by atoms with van der Waals surface area (Å²) in [6.07, 6.45) is 1.28. The van der Waals surface area contributed by atoms with E-state index < -0.39 is 0 Å². The topological polar surface area (TPSA) is 21.3 Å². The number of ether oxygens (including phenoxy) is 1. The number of hydrogen-bond acceptors (Lipinski definition) is 2. The second kappa shape index (κ2) is 3.95. The van der Waals surface area contributed by atoms with Crippen molar-refractivity contribution in [3.63, 3.8) is 0 Å². The Morgan fingerprint density at radius 1 is 1.13 bits per heavy atom. The molecule has 0 saturated carbocycles. The Kier molecular flexibility index (Phi) is 2.47. The summed E-state index contributed by atoms with van der Waals surface area (Å²) < 4.78 is 5.24. The summed E-state index contributed by atoms with van der Waals surface area (Å²) in [6.45, 7) is 4.13. The van der Waals surface area contributed by atoms with Gasteiger partial charge in [-0.05, 0) is 30.0 Å². The van der Waals surface area contributed by atoms with Gasteiger partial charge in [-0.15, -0.1) is 0 Å². The summed E-state index contributed by atoms with van der Waals surface area (Å²) in [4.78, 5) is 0. The van der Waals surface area contributed by atoms with Gasteiger partial charge in [0.2, 0.25) is 0 Å². The highest BCUT2D eigenvalue weighted by molar-refractivity contribution is 5.30. The van der Waals surface area contributed by atoms with Gasteiger partial charge in [0.25, 0.3) is 0 Å². The van der Waals surface area contributed by atoms with E-state index in [9.17, 15) is 0 Å². The van der Waals surface area contributed by atoms with Crippen molar-refractivity contribution in [2.45, 2.75) is 18.3 Å². The van der Waals surface area contributed by atoms with Gasteiger partial charge in [-0.2, -0.15) is 0 Å². The average molecular weight is 203 g/mol. The van der Waals surface area contributed by atoms with Crippen LogP contribution in [0.5, 0.6) is 0 Å². The first kappa shape index (κ1) is 9.37. The molecule has 1 atom stereocenters. The van der Waals surface area contributed by atoms with Crippen LogP contribution in [-0.2, 0) is 4.74 Å². The Morgan fingerprint density at radius 3 is 2.53 bits per heavy atom. The summed E-state index contributed by atoms with van der Waals surface area (Å²) in [5, 5.41) is 3.42. The van der Waals surface area contributed by atoms with E-state index in [2.05, 4.69) is 29.6 Å². The zero-order valence-electron chi connectivity index (χ0n) is 8.91. The van der Waals surface area contributed by atoms with Gasteiger partial charge in [0.05, 0.1) is 13.2 Å². The summed E-state index contributed by atoms with van der Waals surface area (Å²) in [7, 11) is 0. The fraction of sp³-hybridized carbons (Fsp3) is 0.538. The van der Waals surface area contributed by atoms with Crippen LogP contribution in [-0.4, -0.2) is 26.3 Å². The molecule has 2 aliphatic heterocycles. The lowest BCUT2D eigenvalue weighted by Crippen LogP contribution is -2.25. The second-order valence-electron chi connectivity index (χ2n) is 4.59. The van der Waals surface area contributed by atoms with Gasteiger partial charge in [0.15, 0.2) is 0 Å². The fourth-order valence-corrected chi connectivity index (χ4v) is 2.43. The number of hydrogen-bond donors (Lipinski definition) is 1. The Balaban J connectivity index is 1.81. The van der Waals surface area contributed by atoms with Gasteiger partial charge in [-0.1, -0.05) is 24.3 Å². The minimum Gasteiger partial charge on any atom is -0.380 e. The average Bonchev–Trinajstić information content (AvgIpc) is 2.68. The molecular weight excluding hydrogens is 186 g/mol. The molecule has 3 rings (SSSR count). The second-order valence-corrected chi connectivity index (χ2v) is 4.59. The smallest absolute Gasteiger partial charge is 0.0557 e. The highest BCUT2D eigenvalue weighted by Crippen LogP contribution is 2.28. The molecule has 80 valence electrons. The van der Waals surface area contributed by atoms with Crippen LogP contribution in [0.2, 0.25) is 0 Å². The molecule has 1 aromatic rings. The fourth-order valence-electron chi connectivity index (χ4n) is 2.43. The zero-order valence-corrected chi connectivity index (χ0v) is 8.91. The van der Waals surface area contributed by atoms with Crippen LogP contribution in [0, 0.1) is 0 Å². The van der Waals surface area contributed by atoms with Crippen LogP contribution in [0.3, 0.4) is 0 Å². The standard InChI is InChI=1S/C13H17NO/c1-2-10(12-4-5-14-7-12)6-11(3-1)13-8-15-9-13/h1-3,6,12-14H,4-5,7-9H2. The third kappa shape index (κ3) is 1.80. The van der Waals surface area contributed by atoms with Crippen molar-refractivity contribution in [1.82, 2.24) is 5.32 Å². The monoisotopic (exact) mass is 203 g/mol. The molecule has 0 aliphatic carbocycles. The first-order chi connectivity index (χ1) is 7.43. The molecule has 2 nitrogen and oxygen atoms in total. The van der Waals surface area contributed by atoms with Gasteiger partial charge in [-0.3, -0.25) is 0 Å². The normalized spacial score (nSPS) is 26.5. The van der Waals surface area contributed by atoms with Crippen LogP contribution < -0.4 is 5.32 Å². The lowest BCUT2D eigenvalue weighted by molar-refractivity contribution is 0.00839. The molecule has 1 aromatic carbocycles. The van der Waals surface area contributed by atoms with E-state index in [1.807, 2.05) is 0 Å². The largest absolute Gasteiger partial charge is 0.380 e. The molecule has 0 radical (unpaired) electrons. The van der Waals surface area contributed by atoms with Crippen LogP contribution in [0.4, 0.5) is 0 Å². The maximum Gasteiger partial charge on any atom is 0.0557 e. The third-order valence-corrected chi connectivity index (χ3v) is 3.55. The Bertz CT molecular complexity index is 340. The van der Waals surface area contributed by atoms with Gasteiger partial charge >= 0.3 is 0 Å². The van der Waals surface area contributed by atoms with E-state index in [1.54, 1.807) is 0 Å². The molecule has 2 heteroatoms. The number of rotatable bonds is 2. The number of nitrogens with one attached hydrogen (secondary N) is 1. The van der Waals surface area contributed by atoms with Crippen molar-refractivity contribution in [2.75, 3.05) is 26.3 Å². The van der Waals surface area contributed by atoms with E-state index in [-0.39, 0.29) is 0 Å². The summed E-state index contributed by atoms with van der Waals surface area (Å²) in [5.74, 6) is 1.38. The van der Waals surface area contributed by atoms with Crippen LogP contribution >= 0.6 is 0 Å². The van der Waals surface area contributed by atoms with Gasteiger partial charge < -0.3 is 10.1 Å². The highest BCUT2D eigenvalue weighted by atomic mass is 16.5.